The number of hydrogen-bond donors (Lipinski definition) is 0. The van der Waals surface area contributed by atoms with Crippen LogP contribution >= 0.6 is 11.6 Å². The first-order valence-electron chi connectivity index (χ1n) is 7.53. The van der Waals surface area contributed by atoms with E-state index >= 15 is 0 Å². The maximum absolute atomic E-state index is 11.1. The van der Waals surface area contributed by atoms with E-state index in [1.54, 1.807) is 24.3 Å². The first-order chi connectivity index (χ1) is 12.0. The van der Waals surface area contributed by atoms with E-state index in [0.29, 0.717) is 41.0 Å². The average molecular weight is 359 g/mol. The van der Waals surface area contributed by atoms with E-state index < -0.39 is 0 Å². The minimum atomic E-state index is -0.384. The fraction of sp³-hybridized carbons (Fsp3) is 0.176. The quantitative estimate of drug-likeness (QED) is 0.490. The molecule has 25 heavy (non-hydrogen) atoms. The van der Waals surface area contributed by atoms with Gasteiger partial charge in [-0.25, -0.2) is 0 Å². The van der Waals surface area contributed by atoms with Crippen molar-refractivity contribution >= 4 is 17.3 Å². The molecule has 0 aliphatic heterocycles. The SMILES string of the molecule is CN(Cc1nc(-c2ccccc2Cl)no1)Cc1ccccc1[N+](=O)[O-]. The Morgan fingerprint density at radius 1 is 1.16 bits per heavy atom. The van der Waals surface area contributed by atoms with Crippen LogP contribution in [0.5, 0.6) is 0 Å². The summed E-state index contributed by atoms with van der Waals surface area (Å²) in [6.07, 6.45) is 0. The summed E-state index contributed by atoms with van der Waals surface area (Å²) in [5, 5.41) is 15.6. The summed E-state index contributed by atoms with van der Waals surface area (Å²) < 4.78 is 5.26. The molecule has 0 bridgehead atoms. The Morgan fingerprint density at radius 3 is 2.64 bits per heavy atom. The van der Waals surface area contributed by atoms with Crippen molar-refractivity contribution < 1.29 is 9.45 Å². The molecule has 7 nitrogen and oxygen atoms in total. The van der Waals surface area contributed by atoms with Crippen molar-refractivity contribution in [2.75, 3.05) is 7.05 Å². The fourth-order valence-electron chi connectivity index (χ4n) is 2.47. The highest BCUT2D eigenvalue weighted by atomic mass is 35.5. The molecule has 0 aliphatic carbocycles. The van der Waals surface area contributed by atoms with Crippen molar-refractivity contribution in [1.82, 2.24) is 15.0 Å². The van der Waals surface area contributed by atoms with Gasteiger partial charge in [-0.2, -0.15) is 4.98 Å². The maximum atomic E-state index is 11.1. The van der Waals surface area contributed by atoms with Crippen LogP contribution in [0.2, 0.25) is 5.02 Å². The van der Waals surface area contributed by atoms with E-state index in [1.807, 2.05) is 30.1 Å². The third-order valence-electron chi connectivity index (χ3n) is 3.62. The minimum Gasteiger partial charge on any atom is -0.338 e. The molecule has 0 spiro atoms. The van der Waals surface area contributed by atoms with Gasteiger partial charge in [0.2, 0.25) is 11.7 Å². The highest BCUT2D eigenvalue weighted by Gasteiger charge is 2.16. The summed E-state index contributed by atoms with van der Waals surface area (Å²) in [7, 11) is 1.83. The van der Waals surface area contributed by atoms with Crippen molar-refractivity contribution in [3.05, 3.63) is 75.1 Å². The van der Waals surface area contributed by atoms with Crippen molar-refractivity contribution in [2.45, 2.75) is 13.1 Å². The molecule has 3 aromatic rings. The topological polar surface area (TPSA) is 85.3 Å². The average Bonchev–Trinajstić information content (AvgIpc) is 3.03. The minimum absolute atomic E-state index is 0.0941. The van der Waals surface area contributed by atoms with Gasteiger partial charge in [0.25, 0.3) is 5.69 Å². The number of nitro groups is 1. The lowest BCUT2D eigenvalue weighted by atomic mass is 10.1. The van der Waals surface area contributed by atoms with E-state index in [2.05, 4.69) is 10.1 Å². The molecular weight excluding hydrogens is 344 g/mol. The molecule has 0 saturated carbocycles. The van der Waals surface area contributed by atoms with Crippen LogP contribution in [-0.2, 0) is 13.1 Å². The number of nitro benzene ring substituents is 1. The van der Waals surface area contributed by atoms with Crippen LogP contribution in [0.3, 0.4) is 0 Å². The van der Waals surface area contributed by atoms with Gasteiger partial charge in [0.05, 0.1) is 16.5 Å². The van der Waals surface area contributed by atoms with E-state index in [1.165, 1.54) is 6.07 Å². The molecule has 128 valence electrons. The Hall–Kier alpha value is -2.77. The maximum Gasteiger partial charge on any atom is 0.273 e. The van der Waals surface area contributed by atoms with E-state index in [9.17, 15) is 10.1 Å². The number of halogens is 1. The van der Waals surface area contributed by atoms with Crippen LogP contribution in [0.25, 0.3) is 11.4 Å². The number of aromatic nitrogens is 2. The van der Waals surface area contributed by atoms with Crippen molar-refractivity contribution in [1.29, 1.82) is 0 Å². The van der Waals surface area contributed by atoms with Crippen LogP contribution in [0.1, 0.15) is 11.5 Å². The lowest BCUT2D eigenvalue weighted by Gasteiger charge is -2.14. The van der Waals surface area contributed by atoms with Gasteiger partial charge < -0.3 is 4.52 Å². The van der Waals surface area contributed by atoms with Gasteiger partial charge in [-0.05, 0) is 19.2 Å². The van der Waals surface area contributed by atoms with Crippen LogP contribution < -0.4 is 0 Å². The summed E-state index contributed by atoms with van der Waals surface area (Å²) in [6, 6.07) is 13.9. The highest BCUT2D eigenvalue weighted by Crippen LogP contribution is 2.25. The van der Waals surface area contributed by atoms with Gasteiger partial charge in [-0.3, -0.25) is 15.0 Å². The zero-order valence-electron chi connectivity index (χ0n) is 13.4. The van der Waals surface area contributed by atoms with E-state index in [4.69, 9.17) is 16.1 Å². The summed E-state index contributed by atoms with van der Waals surface area (Å²) in [5.74, 6) is 0.829. The monoisotopic (exact) mass is 358 g/mol. The molecule has 3 rings (SSSR count). The second-order valence-electron chi connectivity index (χ2n) is 5.55. The van der Waals surface area contributed by atoms with Gasteiger partial charge in [-0.15, -0.1) is 0 Å². The predicted molar refractivity (Wildman–Crippen MR) is 93.0 cm³/mol. The number of para-hydroxylation sites is 1. The number of hydrogen-bond acceptors (Lipinski definition) is 6. The summed E-state index contributed by atoms with van der Waals surface area (Å²) >= 11 is 6.13. The normalized spacial score (nSPS) is 11.0. The third kappa shape index (κ3) is 4.01. The van der Waals surface area contributed by atoms with Gasteiger partial charge in [0.1, 0.15) is 0 Å². The second-order valence-corrected chi connectivity index (χ2v) is 5.96. The first-order valence-corrected chi connectivity index (χ1v) is 7.90. The Kier molecular flexibility index (Phi) is 5.06. The Labute approximate surface area is 149 Å². The fourth-order valence-corrected chi connectivity index (χ4v) is 2.69. The summed E-state index contributed by atoms with van der Waals surface area (Å²) in [5.41, 5.74) is 1.41. The zero-order valence-corrected chi connectivity index (χ0v) is 14.2. The molecule has 0 amide bonds. The standard InChI is InChI=1S/C17H15ClN4O3/c1-21(10-12-6-2-5-9-15(12)22(23)24)11-16-19-17(20-25-16)13-7-3-4-8-14(13)18/h2-9H,10-11H2,1H3. The zero-order chi connectivity index (χ0) is 17.8. The van der Waals surface area contributed by atoms with Crippen molar-refractivity contribution in [3.63, 3.8) is 0 Å². The Morgan fingerprint density at radius 2 is 1.88 bits per heavy atom. The first kappa shape index (κ1) is 17.1. The molecule has 0 aliphatic rings. The third-order valence-corrected chi connectivity index (χ3v) is 3.95. The molecule has 0 N–H and O–H groups in total. The molecule has 0 unspecified atom stereocenters. The largest absolute Gasteiger partial charge is 0.338 e. The van der Waals surface area contributed by atoms with Crippen molar-refractivity contribution in [3.8, 4) is 11.4 Å². The molecule has 2 aromatic carbocycles. The lowest BCUT2D eigenvalue weighted by molar-refractivity contribution is -0.385. The number of rotatable bonds is 6. The van der Waals surface area contributed by atoms with Gasteiger partial charge in [0.15, 0.2) is 0 Å². The number of nitrogens with zero attached hydrogens (tertiary/aromatic N) is 4. The van der Waals surface area contributed by atoms with Crippen LogP contribution in [-0.4, -0.2) is 27.0 Å². The molecule has 0 fully saturated rings. The molecule has 0 saturated heterocycles. The molecule has 1 aromatic heterocycles. The lowest BCUT2D eigenvalue weighted by Crippen LogP contribution is -2.18. The highest BCUT2D eigenvalue weighted by molar-refractivity contribution is 6.33. The summed E-state index contributed by atoms with van der Waals surface area (Å²) in [6.45, 7) is 0.754. The van der Waals surface area contributed by atoms with Crippen LogP contribution in [0.4, 0.5) is 5.69 Å². The summed E-state index contributed by atoms with van der Waals surface area (Å²) in [4.78, 5) is 16.9. The van der Waals surface area contributed by atoms with Crippen LogP contribution in [0.15, 0.2) is 53.1 Å². The van der Waals surface area contributed by atoms with E-state index in [-0.39, 0.29) is 10.6 Å². The Bertz CT molecular complexity index is 897. The predicted octanol–water partition coefficient (Wildman–Crippen LogP) is 3.93. The second kappa shape index (κ2) is 7.42. The van der Waals surface area contributed by atoms with Gasteiger partial charge in [-0.1, -0.05) is 47.1 Å². The van der Waals surface area contributed by atoms with Gasteiger partial charge in [0, 0.05) is 23.7 Å². The van der Waals surface area contributed by atoms with Gasteiger partial charge >= 0.3 is 0 Å². The Balaban J connectivity index is 1.71. The molecule has 8 heteroatoms. The van der Waals surface area contributed by atoms with E-state index in [0.717, 1.165) is 0 Å². The smallest absolute Gasteiger partial charge is 0.273 e. The van der Waals surface area contributed by atoms with Crippen LogP contribution in [0, 0.1) is 10.1 Å². The van der Waals surface area contributed by atoms with Crippen molar-refractivity contribution in [2.24, 2.45) is 0 Å². The molecule has 0 radical (unpaired) electrons. The number of benzene rings is 2. The molecule has 1 heterocycles. The molecular formula is C17H15ClN4O3. The molecule has 0 atom stereocenters.